The molecule has 1 saturated heterocycles. The fourth-order valence-electron chi connectivity index (χ4n) is 2.68. The van der Waals surface area contributed by atoms with Crippen LogP contribution in [0, 0.1) is 0 Å². The van der Waals surface area contributed by atoms with Crippen molar-refractivity contribution in [3.05, 3.63) is 24.0 Å². The largest absolute Gasteiger partial charge is 0.375 e. The molecule has 1 aromatic heterocycles. The average molecular weight is 274 g/mol. The second-order valence-corrected chi connectivity index (χ2v) is 5.64. The molecular weight excluding hydrogens is 252 g/mol. The van der Waals surface area contributed by atoms with Crippen molar-refractivity contribution in [1.82, 2.24) is 14.9 Å². The van der Waals surface area contributed by atoms with Crippen LogP contribution in [-0.2, 0) is 4.74 Å². The van der Waals surface area contributed by atoms with E-state index < -0.39 is 0 Å². The Hall–Kier alpha value is -1.46. The molecule has 0 bridgehead atoms. The van der Waals surface area contributed by atoms with Crippen molar-refractivity contribution < 1.29 is 4.74 Å². The normalized spacial score (nSPS) is 24.6. The van der Waals surface area contributed by atoms with Crippen LogP contribution in [-0.4, -0.2) is 60.8 Å². The number of likely N-dealkylation sites (N-methyl/N-ethyl adjacent to an activating group) is 1. The molecule has 0 saturated carbocycles. The van der Waals surface area contributed by atoms with Gasteiger partial charge in [-0.05, 0) is 26.0 Å². The van der Waals surface area contributed by atoms with E-state index >= 15 is 0 Å². The van der Waals surface area contributed by atoms with E-state index in [9.17, 15) is 0 Å². The maximum atomic E-state index is 5.55. The first-order valence-electron chi connectivity index (χ1n) is 7.29. The van der Waals surface area contributed by atoms with Gasteiger partial charge in [0, 0.05) is 44.1 Å². The Balaban J connectivity index is 1.71. The highest BCUT2D eigenvalue weighted by atomic mass is 16.5. The minimum Gasteiger partial charge on any atom is -0.375 e. The molecule has 0 aliphatic carbocycles. The Bertz CT molecular complexity index is 485. The Labute approximate surface area is 120 Å². The average Bonchev–Trinajstić information content (AvgIpc) is 2.48. The van der Waals surface area contributed by atoms with Gasteiger partial charge in [0.15, 0.2) is 0 Å². The van der Waals surface area contributed by atoms with Crippen LogP contribution in [0.4, 0.5) is 5.95 Å². The fraction of sp³-hybridized carbons (Fsp3) is 0.600. The SMILES string of the molecule is CC1CN(c2ncc(C3=CCN(C)CC3)cn2)CCO1. The minimum atomic E-state index is 0.253. The van der Waals surface area contributed by atoms with Crippen LogP contribution in [0.1, 0.15) is 18.9 Å². The molecule has 2 aliphatic rings. The van der Waals surface area contributed by atoms with Gasteiger partial charge in [-0.1, -0.05) is 6.08 Å². The molecule has 0 aromatic carbocycles. The zero-order chi connectivity index (χ0) is 13.9. The lowest BCUT2D eigenvalue weighted by Gasteiger charge is -2.31. The molecule has 0 radical (unpaired) electrons. The maximum Gasteiger partial charge on any atom is 0.225 e. The van der Waals surface area contributed by atoms with Gasteiger partial charge in [0.25, 0.3) is 0 Å². The monoisotopic (exact) mass is 274 g/mol. The lowest BCUT2D eigenvalue weighted by Crippen LogP contribution is -2.42. The lowest BCUT2D eigenvalue weighted by atomic mass is 10.0. The Morgan fingerprint density at radius 3 is 2.70 bits per heavy atom. The van der Waals surface area contributed by atoms with Crippen LogP contribution in [0.25, 0.3) is 5.57 Å². The first-order valence-corrected chi connectivity index (χ1v) is 7.29. The van der Waals surface area contributed by atoms with E-state index in [-0.39, 0.29) is 6.10 Å². The third kappa shape index (κ3) is 2.99. The third-order valence-electron chi connectivity index (χ3n) is 3.95. The van der Waals surface area contributed by atoms with Gasteiger partial charge in [-0.2, -0.15) is 0 Å². The second kappa shape index (κ2) is 5.89. The highest BCUT2D eigenvalue weighted by Crippen LogP contribution is 2.21. The highest BCUT2D eigenvalue weighted by Gasteiger charge is 2.19. The van der Waals surface area contributed by atoms with Gasteiger partial charge >= 0.3 is 0 Å². The van der Waals surface area contributed by atoms with E-state index in [2.05, 4.69) is 39.8 Å². The number of hydrogen-bond donors (Lipinski definition) is 0. The molecule has 0 spiro atoms. The second-order valence-electron chi connectivity index (χ2n) is 5.64. The quantitative estimate of drug-likeness (QED) is 0.816. The van der Waals surface area contributed by atoms with Crippen molar-refractivity contribution in [3.8, 4) is 0 Å². The predicted molar refractivity (Wildman–Crippen MR) is 79.8 cm³/mol. The van der Waals surface area contributed by atoms with Crippen LogP contribution in [0.3, 0.4) is 0 Å². The smallest absolute Gasteiger partial charge is 0.225 e. The van der Waals surface area contributed by atoms with E-state index in [0.717, 1.165) is 50.7 Å². The lowest BCUT2D eigenvalue weighted by molar-refractivity contribution is 0.0526. The summed E-state index contributed by atoms with van der Waals surface area (Å²) in [4.78, 5) is 13.6. The number of aromatic nitrogens is 2. The summed E-state index contributed by atoms with van der Waals surface area (Å²) in [6, 6.07) is 0. The van der Waals surface area contributed by atoms with Crippen LogP contribution < -0.4 is 4.90 Å². The topological polar surface area (TPSA) is 41.5 Å². The van der Waals surface area contributed by atoms with Gasteiger partial charge in [-0.25, -0.2) is 9.97 Å². The highest BCUT2D eigenvalue weighted by molar-refractivity contribution is 5.65. The zero-order valence-corrected chi connectivity index (χ0v) is 12.2. The molecule has 5 heteroatoms. The summed E-state index contributed by atoms with van der Waals surface area (Å²) >= 11 is 0. The minimum absolute atomic E-state index is 0.253. The van der Waals surface area contributed by atoms with Crippen molar-refractivity contribution >= 4 is 11.5 Å². The molecule has 108 valence electrons. The summed E-state index contributed by atoms with van der Waals surface area (Å²) in [5.41, 5.74) is 2.52. The van der Waals surface area contributed by atoms with Gasteiger partial charge in [0.2, 0.25) is 5.95 Å². The van der Waals surface area contributed by atoms with Gasteiger partial charge in [-0.3, -0.25) is 0 Å². The summed E-state index contributed by atoms with van der Waals surface area (Å²) in [7, 11) is 2.15. The molecule has 20 heavy (non-hydrogen) atoms. The molecule has 2 aliphatic heterocycles. The molecule has 1 aromatic rings. The summed E-state index contributed by atoms with van der Waals surface area (Å²) in [5, 5.41) is 0. The van der Waals surface area contributed by atoms with Crippen LogP contribution >= 0.6 is 0 Å². The van der Waals surface area contributed by atoms with Gasteiger partial charge < -0.3 is 14.5 Å². The summed E-state index contributed by atoms with van der Waals surface area (Å²) < 4.78 is 5.55. The van der Waals surface area contributed by atoms with Crippen molar-refractivity contribution in [3.63, 3.8) is 0 Å². The number of ether oxygens (including phenoxy) is 1. The van der Waals surface area contributed by atoms with Crippen molar-refractivity contribution in [1.29, 1.82) is 0 Å². The van der Waals surface area contributed by atoms with E-state index in [1.54, 1.807) is 0 Å². The van der Waals surface area contributed by atoms with E-state index in [1.165, 1.54) is 5.57 Å². The Morgan fingerprint density at radius 2 is 2.05 bits per heavy atom. The molecule has 1 fully saturated rings. The van der Waals surface area contributed by atoms with Gasteiger partial charge in [0.1, 0.15) is 0 Å². The van der Waals surface area contributed by atoms with E-state index in [4.69, 9.17) is 4.74 Å². The summed E-state index contributed by atoms with van der Waals surface area (Å²) in [6.45, 7) is 6.70. The molecule has 1 unspecified atom stereocenters. The number of morpholine rings is 1. The van der Waals surface area contributed by atoms with Crippen molar-refractivity contribution in [2.45, 2.75) is 19.4 Å². The number of nitrogens with zero attached hydrogens (tertiary/aromatic N) is 4. The van der Waals surface area contributed by atoms with Gasteiger partial charge in [0.05, 0.1) is 12.7 Å². The van der Waals surface area contributed by atoms with Crippen LogP contribution in [0.2, 0.25) is 0 Å². The predicted octanol–water partition coefficient (Wildman–Crippen LogP) is 1.42. The van der Waals surface area contributed by atoms with Crippen molar-refractivity contribution in [2.24, 2.45) is 0 Å². The molecule has 3 heterocycles. The standard InChI is InChI=1S/C15H22N4O/c1-12-11-19(7-8-20-12)15-16-9-14(10-17-15)13-3-5-18(2)6-4-13/h3,9-10,12H,4-8,11H2,1-2H3. The molecule has 1 atom stereocenters. The first-order chi connectivity index (χ1) is 9.72. The Morgan fingerprint density at radius 1 is 1.25 bits per heavy atom. The molecule has 5 nitrogen and oxygen atoms in total. The Kier molecular flexibility index (Phi) is 3.98. The third-order valence-corrected chi connectivity index (χ3v) is 3.95. The zero-order valence-electron chi connectivity index (χ0n) is 12.2. The molecular formula is C15H22N4O. The molecule has 0 amide bonds. The first kappa shape index (κ1) is 13.5. The number of hydrogen-bond acceptors (Lipinski definition) is 5. The molecule has 3 rings (SSSR count). The summed E-state index contributed by atoms with van der Waals surface area (Å²) in [6.07, 6.45) is 7.52. The van der Waals surface area contributed by atoms with Crippen molar-refractivity contribution in [2.75, 3.05) is 44.7 Å². The van der Waals surface area contributed by atoms with E-state index in [0.29, 0.717) is 0 Å². The maximum absolute atomic E-state index is 5.55. The van der Waals surface area contributed by atoms with E-state index in [1.807, 2.05) is 12.4 Å². The van der Waals surface area contributed by atoms with Crippen LogP contribution in [0.5, 0.6) is 0 Å². The van der Waals surface area contributed by atoms with Gasteiger partial charge in [-0.15, -0.1) is 0 Å². The number of rotatable bonds is 2. The number of anilines is 1. The molecule has 0 N–H and O–H groups in total. The fourth-order valence-corrected chi connectivity index (χ4v) is 2.68. The summed E-state index contributed by atoms with van der Waals surface area (Å²) in [5.74, 6) is 0.817. The van der Waals surface area contributed by atoms with Crippen LogP contribution in [0.15, 0.2) is 18.5 Å².